The molecule has 1 aliphatic rings. The van der Waals surface area contributed by atoms with Gasteiger partial charge in [0.1, 0.15) is 0 Å². The first kappa shape index (κ1) is 17.3. The molecule has 6 nitrogen and oxygen atoms in total. The van der Waals surface area contributed by atoms with Gasteiger partial charge in [-0.2, -0.15) is 0 Å². The summed E-state index contributed by atoms with van der Waals surface area (Å²) in [6.07, 6.45) is 5.35. The lowest BCUT2D eigenvalue weighted by Gasteiger charge is -2.08. The van der Waals surface area contributed by atoms with Gasteiger partial charge in [0.15, 0.2) is 0 Å². The summed E-state index contributed by atoms with van der Waals surface area (Å²) in [5.74, 6) is -1.88. The van der Waals surface area contributed by atoms with Crippen LogP contribution in [-0.2, 0) is 11.4 Å². The van der Waals surface area contributed by atoms with Crippen molar-refractivity contribution in [3.63, 3.8) is 0 Å². The van der Waals surface area contributed by atoms with E-state index >= 15 is 0 Å². The molecule has 6 heteroatoms. The van der Waals surface area contributed by atoms with Crippen molar-refractivity contribution in [3.8, 4) is 0 Å². The monoisotopic (exact) mass is 349 g/mol. The number of benzene rings is 2. The van der Waals surface area contributed by atoms with E-state index in [0.29, 0.717) is 27.8 Å². The minimum absolute atomic E-state index is 0.220. The van der Waals surface area contributed by atoms with Gasteiger partial charge in [0.2, 0.25) is 0 Å². The van der Waals surface area contributed by atoms with E-state index in [2.05, 4.69) is 0 Å². The first-order valence-corrected chi connectivity index (χ1v) is 7.80. The Balaban J connectivity index is 1.89. The summed E-state index contributed by atoms with van der Waals surface area (Å²) in [4.78, 5) is 36.4. The summed E-state index contributed by atoms with van der Waals surface area (Å²) < 4.78 is 0. The third-order valence-corrected chi connectivity index (χ3v) is 3.88. The Morgan fingerprint density at radius 2 is 1.54 bits per heavy atom. The molecule has 0 saturated carbocycles. The third-order valence-electron chi connectivity index (χ3n) is 3.88. The minimum atomic E-state index is -1.08. The van der Waals surface area contributed by atoms with Gasteiger partial charge in [-0.25, -0.2) is 9.69 Å². The molecule has 0 aliphatic carbocycles. The summed E-state index contributed by atoms with van der Waals surface area (Å²) >= 11 is 0. The van der Waals surface area contributed by atoms with Crippen molar-refractivity contribution in [3.05, 3.63) is 82.6 Å². The molecule has 2 aromatic carbocycles. The van der Waals surface area contributed by atoms with Crippen LogP contribution >= 0.6 is 0 Å². The van der Waals surface area contributed by atoms with Crippen LogP contribution in [0, 0.1) is 0 Å². The fourth-order valence-corrected chi connectivity index (χ4v) is 2.70. The van der Waals surface area contributed by atoms with Crippen molar-refractivity contribution < 1.29 is 24.6 Å². The molecule has 2 aromatic rings. The fraction of sp³-hybridized carbons (Fsp3) is 0.0500. The average Bonchev–Trinajstić information content (AvgIpc) is 2.89. The van der Waals surface area contributed by atoms with E-state index in [-0.39, 0.29) is 6.61 Å². The molecule has 2 N–H and O–H groups in total. The molecule has 0 radical (unpaired) electrons. The quantitative estimate of drug-likeness (QED) is 0.639. The van der Waals surface area contributed by atoms with Crippen LogP contribution in [0.2, 0.25) is 0 Å². The lowest BCUT2D eigenvalue weighted by atomic mass is 10.1. The molecule has 0 saturated heterocycles. The standard InChI is InChI=1S/C20H15NO5/c22-12-15-10-13(5-6-18(23)24)9-14(11-15)7-8-21-19(25)16-3-1-2-4-17(16)20(21)26/h1-11,22H,12H2,(H,23,24)/b6-5+,8-7?. The topological polar surface area (TPSA) is 94.9 Å². The zero-order valence-electron chi connectivity index (χ0n) is 13.6. The van der Waals surface area contributed by atoms with Crippen LogP contribution < -0.4 is 0 Å². The molecule has 0 atom stereocenters. The van der Waals surface area contributed by atoms with E-state index < -0.39 is 17.8 Å². The average molecular weight is 349 g/mol. The predicted octanol–water partition coefficient (Wildman–Crippen LogP) is 2.54. The van der Waals surface area contributed by atoms with E-state index in [4.69, 9.17) is 5.11 Å². The summed E-state index contributed by atoms with van der Waals surface area (Å²) in [7, 11) is 0. The van der Waals surface area contributed by atoms with Gasteiger partial charge in [0.05, 0.1) is 17.7 Å². The summed E-state index contributed by atoms with van der Waals surface area (Å²) in [5, 5.41) is 18.1. The molecule has 130 valence electrons. The van der Waals surface area contributed by atoms with Crippen LogP contribution in [0.25, 0.3) is 12.2 Å². The Bertz CT molecular complexity index is 923. The molecule has 26 heavy (non-hydrogen) atoms. The van der Waals surface area contributed by atoms with Gasteiger partial charge in [-0.1, -0.05) is 12.1 Å². The minimum Gasteiger partial charge on any atom is -0.478 e. The van der Waals surface area contributed by atoms with Gasteiger partial charge >= 0.3 is 5.97 Å². The first-order valence-electron chi connectivity index (χ1n) is 7.80. The Hall–Kier alpha value is -3.51. The molecule has 0 bridgehead atoms. The molecule has 1 heterocycles. The van der Waals surface area contributed by atoms with E-state index in [1.165, 1.54) is 12.3 Å². The number of carboxylic acids is 1. The Kier molecular flexibility index (Phi) is 4.77. The maximum Gasteiger partial charge on any atom is 0.328 e. The molecule has 1 aliphatic heterocycles. The lowest BCUT2D eigenvalue weighted by Crippen LogP contribution is -2.23. The van der Waals surface area contributed by atoms with Gasteiger partial charge in [-0.15, -0.1) is 0 Å². The highest BCUT2D eigenvalue weighted by molar-refractivity contribution is 6.22. The van der Waals surface area contributed by atoms with E-state index in [1.807, 2.05) is 0 Å². The van der Waals surface area contributed by atoms with Gasteiger partial charge < -0.3 is 10.2 Å². The van der Waals surface area contributed by atoms with Crippen molar-refractivity contribution >= 4 is 29.9 Å². The highest BCUT2D eigenvalue weighted by Gasteiger charge is 2.33. The van der Waals surface area contributed by atoms with Crippen LogP contribution in [0.1, 0.15) is 37.4 Å². The van der Waals surface area contributed by atoms with Crippen molar-refractivity contribution in [2.45, 2.75) is 6.61 Å². The third kappa shape index (κ3) is 3.45. The molecular weight excluding hydrogens is 334 g/mol. The number of carboxylic acid groups (broad SMARTS) is 1. The summed E-state index contributed by atoms with van der Waals surface area (Å²) in [6.45, 7) is -0.220. The number of aliphatic hydroxyl groups is 1. The number of rotatable bonds is 5. The van der Waals surface area contributed by atoms with Gasteiger partial charge in [-0.3, -0.25) is 9.59 Å². The molecule has 3 rings (SSSR count). The van der Waals surface area contributed by atoms with E-state index in [1.54, 1.807) is 48.5 Å². The molecule has 0 unspecified atom stereocenters. The molecule has 0 fully saturated rings. The Morgan fingerprint density at radius 1 is 0.962 bits per heavy atom. The van der Waals surface area contributed by atoms with Crippen molar-refractivity contribution in [2.75, 3.05) is 0 Å². The Labute approximate surface area is 149 Å². The van der Waals surface area contributed by atoms with Crippen LogP contribution in [0.4, 0.5) is 0 Å². The van der Waals surface area contributed by atoms with Crippen molar-refractivity contribution in [1.29, 1.82) is 0 Å². The van der Waals surface area contributed by atoms with Crippen LogP contribution in [0.5, 0.6) is 0 Å². The lowest BCUT2D eigenvalue weighted by molar-refractivity contribution is -0.131. The SMILES string of the molecule is O=C(O)/C=C/c1cc(C=CN2C(=O)c3ccccc3C2=O)cc(CO)c1. The van der Waals surface area contributed by atoms with E-state index in [9.17, 15) is 19.5 Å². The Morgan fingerprint density at radius 3 is 2.08 bits per heavy atom. The fourth-order valence-electron chi connectivity index (χ4n) is 2.70. The second-order valence-electron chi connectivity index (χ2n) is 5.68. The highest BCUT2D eigenvalue weighted by Crippen LogP contribution is 2.23. The molecule has 2 amide bonds. The van der Waals surface area contributed by atoms with Crippen LogP contribution in [0.15, 0.2) is 54.7 Å². The number of hydrogen-bond donors (Lipinski definition) is 2. The smallest absolute Gasteiger partial charge is 0.328 e. The number of imide groups is 1. The van der Waals surface area contributed by atoms with Crippen LogP contribution in [-0.4, -0.2) is 32.9 Å². The number of aliphatic hydroxyl groups excluding tert-OH is 1. The number of fused-ring (bicyclic) bond motifs is 1. The number of hydrogen-bond acceptors (Lipinski definition) is 4. The summed E-state index contributed by atoms with van der Waals surface area (Å²) in [5.41, 5.74) is 2.51. The summed E-state index contributed by atoms with van der Waals surface area (Å²) in [6, 6.07) is 11.6. The van der Waals surface area contributed by atoms with E-state index in [0.717, 1.165) is 11.0 Å². The molecule has 0 spiro atoms. The zero-order chi connectivity index (χ0) is 18.7. The molecule has 0 aromatic heterocycles. The van der Waals surface area contributed by atoms with Crippen LogP contribution in [0.3, 0.4) is 0 Å². The van der Waals surface area contributed by atoms with Crippen molar-refractivity contribution in [1.82, 2.24) is 4.90 Å². The maximum atomic E-state index is 12.3. The number of carbonyl (C=O) groups excluding carboxylic acids is 2. The van der Waals surface area contributed by atoms with Gasteiger partial charge in [0, 0.05) is 12.3 Å². The second kappa shape index (κ2) is 7.16. The number of aliphatic carboxylic acids is 1. The normalized spacial score (nSPS) is 13.8. The number of amides is 2. The zero-order valence-corrected chi connectivity index (χ0v) is 13.6. The molecular formula is C20H15NO5. The highest BCUT2D eigenvalue weighted by atomic mass is 16.4. The maximum absolute atomic E-state index is 12.3. The number of nitrogens with zero attached hydrogens (tertiary/aromatic N) is 1. The number of carbonyl (C=O) groups is 3. The predicted molar refractivity (Wildman–Crippen MR) is 95.0 cm³/mol. The first-order chi connectivity index (χ1) is 12.5. The largest absolute Gasteiger partial charge is 0.478 e. The second-order valence-corrected chi connectivity index (χ2v) is 5.68. The van der Waals surface area contributed by atoms with Gasteiger partial charge in [-0.05, 0) is 59.2 Å². The van der Waals surface area contributed by atoms with Crippen molar-refractivity contribution in [2.24, 2.45) is 0 Å². The van der Waals surface area contributed by atoms with Gasteiger partial charge in [0.25, 0.3) is 11.8 Å².